The van der Waals surface area contributed by atoms with Gasteiger partial charge in [-0.2, -0.15) is 11.3 Å². The first-order valence-electron chi connectivity index (χ1n) is 5.85. The van der Waals surface area contributed by atoms with Crippen LogP contribution in [-0.2, 0) is 0 Å². The molecule has 2 nitrogen and oxygen atoms in total. The molecular weight excluding hydrogens is 310 g/mol. The number of ether oxygens (including phenoxy) is 1. The first-order chi connectivity index (χ1) is 8.76. The van der Waals surface area contributed by atoms with Gasteiger partial charge in [0.15, 0.2) is 0 Å². The molecule has 0 bridgehead atoms. The first-order valence-corrected chi connectivity index (χ1v) is 7.58. The van der Waals surface area contributed by atoms with Crippen molar-refractivity contribution in [1.82, 2.24) is 5.32 Å². The van der Waals surface area contributed by atoms with Crippen LogP contribution in [0, 0.1) is 0 Å². The van der Waals surface area contributed by atoms with Gasteiger partial charge in [0.1, 0.15) is 5.75 Å². The minimum Gasteiger partial charge on any atom is -0.497 e. The summed E-state index contributed by atoms with van der Waals surface area (Å²) in [6, 6.07) is 8.49. The quantitative estimate of drug-likeness (QED) is 0.888. The topological polar surface area (TPSA) is 21.3 Å². The standard InChI is InChI=1S/C14H16BrNOS/c1-3-16-14(10-6-7-18-9-10)12-5-4-11(17-2)8-13(12)15/h4-9,14,16H,3H2,1-2H3. The van der Waals surface area contributed by atoms with Crippen molar-refractivity contribution >= 4 is 27.3 Å². The molecule has 0 aliphatic rings. The zero-order chi connectivity index (χ0) is 13.0. The summed E-state index contributed by atoms with van der Waals surface area (Å²) in [7, 11) is 1.68. The molecule has 0 aliphatic carbocycles. The predicted molar refractivity (Wildman–Crippen MR) is 80.5 cm³/mol. The average molecular weight is 326 g/mol. The molecule has 0 saturated carbocycles. The van der Waals surface area contributed by atoms with Gasteiger partial charge in [-0.15, -0.1) is 0 Å². The van der Waals surface area contributed by atoms with E-state index in [2.05, 4.69) is 51.1 Å². The molecule has 2 aromatic rings. The van der Waals surface area contributed by atoms with Crippen LogP contribution in [0.15, 0.2) is 39.5 Å². The molecule has 0 saturated heterocycles. The fourth-order valence-corrected chi connectivity index (χ4v) is 3.19. The highest BCUT2D eigenvalue weighted by Gasteiger charge is 2.16. The van der Waals surface area contributed by atoms with Crippen molar-refractivity contribution in [1.29, 1.82) is 0 Å². The highest BCUT2D eigenvalue weighted by Crippen LogP contribution is 2.32. The van der Waals surface area contributed by atoms with Crippen LogP contribution in [0.5, 0.6) is 5.75 Å². The normalized spacial score (nSPS) is 12.4. The minimum atomic E-state index is 0.224. The zero-order valence-corrected chi connectivity index (χ0v) is 12.8. The van der Waals surface area contributed by atoms with Crippen LogP contribution in [0.1, 0.15) is 24.1 Å². The van der Waals surface area contributed by atoms with E-state index in [9.17, 15) is 0 Å². The third-order valence-electron chi connectivity index (χ3n) is 2.80. The van der Waals surface area contributed by atoms with E-state index < -0.39 is 0 Å². The van der Waals surface area contributed by atoms with Crippen molar-refractivity contribution in [3.8, 4) is 5.75 Å². The van der Waals surface area contributed by atoms with Crippen LogP contribution in [0.3, 0.4) is 0 Å². The lowest BCUT2D eigenvalue weighted by Crippen LogP contribution is -2.21. The number of thiophene rings is 1. The number of nitrogens with one attached hydrogen (secondary N) is 1. The largest absolute Gasteiger partial charge is 0.497 e. The smallest absolute Gasteiger partial charge is 0.120 e. The van der Waals surface area contributed by atoms with Crippen LogP contribution in [-0.4, -0.2) is 13.7 Å². The molecule has 0 spiro atoms. The lowest BCUT2D eigenvalue weighted by atomic mass is 10.0. The molecule has 2 rings (SSSR count). The van der Waals surface area contributed by atoms with E-state index in [0.29, 0.717) is 0 Å². The predicted octanol–water partition coefficient (Wildman–Crippen LogP) is 4.22. The maximum atomic E-state index is 5.23. The summed E-state index contributed by atoms with van der Waals surface area (Å²) in [6.45, 7) is 3.05. The second-order valence-corrected chi connectivity index (χ2v) is 5.57. The molecule has 0 radical (unpaired) electrons. The Labute approximate surface area is 120 Å². The Morgan fingerprint density at radius 1 is 1.39 bits per heavy atom. The summed E-state index contributed by atoms with van der Waals surface area (Å²) in [4.78, 5) is 0. The van der Waals surface area contributed by atoms with Gasteiger partial charge in [-0.05, 0) is 46.6 Å². The molecule has 1 heterocycles. The molecule has 1 atom stereocenters. The van der Waals surface area contributed by atoms with Crippen LogP contribution in [0.2, 0.25) is 0 Å². The summed E-state index contributed by atoms with van der Waals surface area (Å²) >= 11 is 5.35. The molecule has 18 heavy (non-hydrogen) atoms. The molecular formula is C14H16BrNOS. The molecule has 0 aliphatic heterocycles. The first kappa shape index (κ1) is 13.6. The van der Waals surface area contributed by atoms with Crippen molar-refractivity contribution in [3.63, 3.8) is 0 Å². The van der Waals surface area contributed by atoms with Gasteiger partial charge in [0.05, 0.1) is 13.2 Å². The van der Waals surface area contributed by atoms with Crippen LogP contribution in [0.25, 0.3) is 0 Å². The number of methoxy groups -OCH3 is 1. The number of benzene rings is 1. The molecule has 0 fully saturated rings. The van der Waals surface area contributed by atoms with Gasteiger partial charge < -0.3 is 10.1 Å². The van der Waals surface area contributed by atoms with Gasteiger partial charge in [0, 0.05) is 4.47 Å². The van der Waals surface area contributed by atoms with Gasteiger partial charge in [-0.1, -0.05) is 28.9 Å². The van der Waals surface area contributed by atoms with Crippen molar-refractivity contribution in [2.75, 3.05) is 13.7 Å². The van der Waals surface area contributed by atoms with Gasteiger partial charge in [-0.25, -0.2) is 0 Å². The van der Waals surface area contributed by atoms with Crippen LogP contribution >= 0.6 is 27.3 Å². The number of rotatable bonds is 5. The molecule has 0 amide bonds. The molecule has 4 heteroatoms. The van der Waals surface area contributed by atoms with Gasteiger partial charge in [0.2, 0.25) is 0 Å². The Kier molecular flexibility index (Phi) is 4.80. The van der Waals surface area contributed by atoms with E-state index in [-0.39, 0.29) is 6.04 Å². The molecule has 1 unspecified atom stereocenters. The Morgan fingerprint density at radius 3 is 2.78 bits per heavy atom. The highest BCUT2D eigenvalue weighted by molar-refractivity contribution is 9.10. The van der Waals surface area contributed by atoms with Crippen LogP contribution in [0.4, 0.5) is 0 Å². The van der Waals surface area contributed by atoms with Crippen molar-refractivity contribution in [3.05, 3.63) is 50.6 Å². The third-order valence-corrected chi connectivity index (χ3v) is 4.19. The molecule has 1 aromatic carbocycles. The van der Waals surface area contributed by atoms with Gasteiger partial charge in [-0.3, -0.25) is 0 Å². The summed E-state index contributed by atoms with van der Waals surface area (Å²) in [5.74, 6) is 0.867. The monoisotopic (exact) mass is 325 g/mol. The highest BCUT2D eigenvalue weighted by atomic mass is 79.9. The second-order valence-electron chi connectivity index (χ2n) is 3.93. The molecule has 96 valence electrons. The maximum Gasteiger partial charge on any atom is 0.120 e. The van der Waals surface area contributed by atoms with Gasteiger partial charge >= 0.3 is 0 Å². The third kappa shape index (κ3) is 2.94. The number of hydrogen-bond donors (Lipinski definition) is 1. The SMILES string of the molecule is CCNC(c1ccsc1)c1ccc(OC)cc1Br. The fraction of sp³-hybridized carbons (Fsp3) is 0.286. The Balaban J connectivity index is 2.37. The maximum absolute atomic E-state index is 5.23. The number of hydrogen-bond acceptors (Lipinski definition) is 3. The summed E-state index contributed by atoms with van der Waals surface area (Å²) < 4.78 is 6.30. The van der Waals surface area contributed by atoms with Crippen molar-refractivity contribution in [2.24, 2.45) is 0 Å². The van der Waals surface area contributed by atoms with E-state index in [4.69, 9.17) is 4.74 Å². The summed E-state index contributed by atoms with van der Waals surface area (Å²) in [5.41, 5.74) is 2.53. The zero-order valence-electron chi connectivity index (χ0n) is 10.4. The van der Waals surface area contributed by atoms with E-state index >= 15 is 0 Å². The van der Waals surface area contributed by atoms with E-state index in [0.717, 1.165) is 16.8 Å². The minimum absolute atomic E-state index is 0.224. The summed E-state index contributed by atoms with van der Waals surface area (Å²) in [6.07, 6.45) is 0. The Morgan fingerprint density at radius 2 is 2.22 bits per heavy atom. The van der Waals surface area contributed by atoms with Gasteiger partial charge in [0.25, 0.3) is 0 Å². The molecule has 1 N–H and O–H groups in total. The van der Waals surface area contributed by atoms with Crippen molar-refractivity contribution in [2.45, 2.75) is 13.0 Å². The lowest BCUT2D eigenvalue weighted by Gasteiger charge is -2.19. The average Bonchev–Trinajstić information content (AvgIpc) is 2.90. The van der Waals surface area contributed by atoms with E-state index in [1.54, 1.807) is 18.4 Å². The fourth-order valence-electron chi connectivity index (χ4n) is 1.92. The lowest BCUT2D eigenvalue weighted by molar-refractivity contribution is 0.414. The number of halogens is 1. The molecule has 1 aromatic heterocycles. The van der Waals surface area contributed by atoms with Crippen molar-refractivity contribution < 1.29 is 4.74 Å². The van der Waals surface area contributed by atoms with E-state index in [1.807, 2.05) is 12.1 Å². The Bertz CT molecular complexity index is 499. The van der Waals surface area contributed by atoms with Crippen LogP contribution < -0.4 is 10.1 Å². The van der Waals surface area contributed by atoms with E-state index in [1.165, 1.54) is 11.1 Å². The summed E-state index contributed by atoms with van der Waals surface area (Å²) in [5, 5.41) is 7.81. The second kappa shape index (κ2) is 6.36. The Hall–Kier alpha value is -0.840.